The van der Waals surface area contributed by atoms with Crippen molar-refractivity contribution in [3.05, 3.63) is 41.7 Å². The summed E-state index contributed by atoms with van der Waals surface area (Å²) in [5.74, 6) is -0.867. The van der Waals surface area contributed by atoms with Crippen LogP contribution in [0, 0.1) is 6.92 Å². The zero-order valence-corrected chi connectivity index (χ0v) is 16.9. The van der Waals surface area contributed by atoms with Gasteiger partial charge in [-0.3, -0.25) is 9.19 Å². The predicted molar refractivity (Wildman–Crippen MR) is 98.3 cm³/mol. The number of halogens is 7. The highest BCUT2D eigenvalue weighted by Crippen LogP contribution is 2.30. The molecule has 2 aromatic heterocycles. The van der Waals surface area contributed by atoms with Crippen molar-refractivity contribution in [1.29, 1.82) is 0 Å². The first-order valence-electron chi connectivity index (χ1n) is 8.73. The predicted octanol–water partition coefficient (Wildman–Crippen LogP) is 4.75. The quantitative estimate of drug-likeness (QED) is 0.466. The van der Waals surface area contributed by atoms with E-state index in [0.29, 0.717) is 0 Å². The Kier molecular flexibility index (Phi) is 6.62. The first kappa shape index (κ1) is 23.8. The first-order chi connectivity index (χ1) is 14.9. The molecule has 1 aromatic carbocycles. The van der Waals surface area contributed by atoms with E-state index in [1.165, 1.54) is 25.3 Å². The van der Waals surface area contributed by atoms with Crippen molar-refractivity contribution < 1.29 is 44.4 Å². The fraction of sp³-hybridized carbons (Fsp3) is 0.333. The maximum atomic E-state index is 13.1. The van der Waals surface area contributed by atoms with E-state index in [4.69, 9.17) is 4.74 Å². The molecule has 0 bridgehead atoms. The highest BCUT2D eigenvalue weighted by Gasteiger charge is 2.44. The van der Waals surface area contributed by atoms with Gasteiger partial charge in [-0.15, -0.1) is 0 Å². The molecular weight excluding hydrogens is 471 g/mol. The Bertz CT molecular complexity index is 1130. The molecule has 6 nitrogen and oxygen atoms in total. The van der Waals surface area contributed by atoms with Crippen LogP contribution >= 0.6 is 0 Å². The number of aromatic amines is 1. The molecule has 0 amide bonds. The molecule has 1 unspecified atom stereocenters. The SMILES string of the molecule is Cc1c(OCC(F)(F)F)ccnc1CS(=O)c1nc2ccc(OC(F)(F)C(F)F)cc2[nH]1. The minimum Gasteiger partial charge on any atom is -0.484 e. The summed E-state index contributed by atoms with van der Waals surface area (Å²) in [6.07, 6.45) is -12.1. The van der Waals surface area contributed by atoms with Gasteiger partial charge in [0.05, 0.1) is 33.3 Å². The Hall–Kier alpha value is -2.90. The fourth-order valence-electron chi connectivity index (χ4n) is 2.55. The van der Waals surface area contributed by atoms with E-state index in [-0.39, 0.29) is 38.9 Å². The average molecular weight is 485 g/mol. The van der Waals surface area contributed by atoms with Crippen LogP contribution < -0.4 is 9.47 Å². The molecule has 174 valence electrons. The summed E-state index contributed by atoms with van der Waals surface area (Å²) in [6, 6.07) is 4.44. The van der Waals surface area contributed by atoms with Gasteiger partial charge in [-0.2, -0.15) is 30.7 Å². The smallest absolute Gasteiger partial charge is 0.461 e. The number of benzene rings is 1. The lowest BCUT2D eigenvalue weighted by atomic mass is 10.2. The minimum atomic E-state index is -4.69. The topological polar surface area (TPSA) is 77.1 Å². The van der Waals surface area contributed by atoms with Gasteiger partial charge in [0.15, 0.2) is 11.8 Å². The van der Waals surface area contributed by atoms with Gasteiger partial charge in [-0.1, -0.05) is 0 Å². The number of nitrogens with one attached hydrogen (secondary N) is 1. The summed E-state index contributed by atoms with van der Waals surface area (Å²) in [7, 11) is -1.86. The summed E-state index contributed by atoms with van der Waals surface area (Å²) < 4.78 is 109. The third-order valence-corrected chi connectivity index (χ3v) is 5.23. The molecule has 14 heteroatoms. The molecular formula is C18H14F7N3O3S. The monoisotopic (exact) mass is 485 g/mol. The molecule has 0 aliphatic heterocycles. The molecule has 0 fully saturated rings. The van der Waals surface area contributed by atoms with E-state index in [2.05, 4.69) is 19.7 Å². The van der Waals surface area contributed by atoms with Gasteiger partial charge in [0, 0.05) is 17.8 Å². The molecule has 2 heterocycles. The first-order valence-corrected chi connectivity index (χ1v) is 10.0. The lowest BCUT2D eigenvalue weighted by Gasteiger charge is -2.16. The van der Waals surface area contributed by atoms with Crippen molar-refractivity contribution in [3.63, 3.8) is 0 Å². The normalized spacial score (nSPS) is 13.5. The van der Waals surface area contributed by atoms with Gasteiger partial charge in [-0.05, 0) is 25.1 Å². The van der Waals surface area contributed by atoms with Crippen LogP contribution in [-0.4, -0.2) is 44.5 Å². The van der Waals surface area contributed by atoms with Crippen molar-refractivity contribution in [1.82, 2.24) is 15.0 Å². The highest BCUT2D eigenvalue weighted by molar-refractivity contribution is 7.84. The van der Waals surface area contributed by atoms with E-state index >= 15 is 0 Å². The third-order valence-electron chi connectivity index (χ3n) is 4.07. The summed E-state index contributed by atoms with van der Waals surface area (Å²) >= 11 is 0. The number of rotatable bonds is 8. The lowest BCUT2D eigenvalue weighted by Crippen LogP contribution is -2.33. The van der Waals surface area contributed by atoms with E-state index in [0.717, 1.165) is 12.1 Å². The van der Waals surface area contributed by atoms with Crippen LogP contribution in [0.15, 0.2) is 35.6 Å². The Morgan fingerprint density at radius 1 is 1.16 bits per heavy atom. The minimum absolute atomic E-state index is 0.0734. The molecule has 0 spiro atoms. The number of hydrogen-bond donors (Lipinski definition) is 1. The van der Waals surface area contributed by atoms with Crippen LogP contribution in [0.3, 0.4) is 0 Å². The Labute approximate surface area is 178 Å². The highest BCUT2D eigenvalue weighted by atomic mass is 32.2. The zero-order chi connectivity index (χ0) is 23.7. The number of fused-ring (bicyclic) bond motifs is 1. The molecule has 3 rings (SSSR count). The van der Waals surface area contributed by atoms with E-state index in [9.17, 15) is 34.9 Å². The maximum Gasteiger partial charge on any atom is 0.461 e. The summed E-state index contributed by atoms with van der Waals surface area (Å²) in [5, 5.41) is -0.0828. The second-order valence-corrected chi connectivity index (χ2v) is 7.83. The molecule has 0 aliphatic carbocycles. The lowest BCUT2D eigenvalue weighted by molar-refractivity contribution is -0.253. The molecule has 0 aliphatic rings. The Morgan fingerprint density at radius 2 is 1.88 bits per heavy atom. The zero-order valence-electron chi connectivity index (χ0n) is 16.1. The number of pyridine rings is 1. The van der Waals surface area contributed by atoms with Crippen molar-refractivity contribution in [2.75, 3.05) is 6.61 Å². The Morgan fingerprint density at radius 3 is 2.53 bits per heavy atom. The standard InChI is InChI=1S/C18H14F7N3O3S/c1-9-13(26-5-4-14(9)30-8-17(21,22)23)7-32(29)16-27-11-3-2-10(6-12(11)28-16)31-18(24,25)15(19)20/h2-6,15H,7-8H2,1H3,(H,27,28). The summed E-state index contributed by atoms with van der Waals surface area (Å²) in [4.78, 5) is 10.7. The number of imidazole rings is 1. The second-order valence-electron chi connectivity index (χ2n) is 6.46. The van der Waals surface area contributed by atoms with Crippen LogP contribution in [0.1, 0.15) is 11.3 Å². The van der Waals surface area contributed by atoms with Crippen LogP contribution in [0.25, 0.3) is 11.0 Å². The number of aromatic nitrogens is 3. The summed E-state index contributed by atoms with van der Waals surface area (Å²) in [5.41, 5.74) is 0.756. The van der Waals surface area contributed by atoms with E-state index < -0.39 is 41.9 Å². The van der Waals surface area contributed by atoms with E-state index in [1.54, 1.807) is 0 Å². The molecule has 3 aromatic rings. The van der Waals surface area contributed by atoms with Crippen molar-refractivity contribution in [2.45, 2.75) is 36.5 Å². The van der Waals surface area contributed by atoms with Gasteiger partial charge in [0.1, 0.15) is 11.5 Å². The number of nitrogens with zero attached hydrogens (tertiary/aromatic N) is 2. The van der Waals surface area contributed by atoms with Gasteiger partial charge in [0.25, 0.3) is 0 Å². The van der Waals surface area contributed by atoms with Crippen molar-refractivity contribution >= 4 is 21.8 Å². The number of alkyl halides is 7. The van der Waals surface area contributed by atoms with Gasteiger partial charge >= 0.3 is 18.7 Å². The molecule has 0 saturated heterocycles. The van der Waals surface area contributed by atoms with E-state index in [1.807, 2.05) is 0 Å². The van der Waals surface area contributed by atoms with Crippen LogP contribution in [0.4, 0.5) is 30.7 Å². The average Bonchev–Trinajstić information content (AvgIpc) is 3.11. The molecule has 1 atom stereocenters. The maximum absolute atomic E-state index is 13.1. The molecule has 0 saturated carbocycles. The Balaban J connectivity index is 1.78. The van der Waals surface area contributed by atoms with Crippen LogP contribution in [0.2, 0.25) is 0 Å². The molecule has 0 radical (unpaired) electrons. The number of ether oxygens (including phenoxy) is 2. The number of H-pyrrole nitrogens is 1. The van der Waals surface area contributed by atoms with Crippen molar-refractivity contribution in [3.8, 4) is 11.5 Å². The summed E-state index contributed by atoms with van der Waals surface area (Å²) in [6.45, 7) is -0.0460. The largest absolute Gasteiger partial charge is 0.484 e. The van der Waals surface area contributed by atoms with Gasteiger partial charge in [0.2, 0.25) is 0 Å². The fourth-order valence-corrected chi connectivity index (χ4v) is 3.65. The second kappa shape index (κ2) is 8.92. The van der Waals surface area contributed by atoms with Gasteiger partial charge in [-0.25, -0.2) is 4.98 Å². The number of hydrogen-bond acceptors (Lipinski definition) is 5. The van der Waals surface area contributed by atoms with Crippen LogP contribution in [-0.2, 0) is 16.6 Å². The molecule has 32 heavy (non-hydrogen) atoms. The van der Waals surface area contributed by atoms with Crippen molar-refractivity contribution in [2.24, 2.45) is 0 Å². The third kappa shape index (κ3) is 5.66. The van der Waals surface area contributed by atoms with Gasteiger partial charge < -0.3 is 14.5 Å². The van der Waals surface area contributed by atoms with Crippen LogP contribution in [0.5, 0.6) is 11.5 Å². The molecule has 1 N–H and O–H groups in total.